The van der Waals surface area contributed by atoms with Crippen LogP contribution in [0.1, 0.15) is 31.2 Å². The lowest BCUT2D eigenvalue weighted by atomic mass is 9.92. The summed E-state index contributed by atoms with van der Waals surface area (Å²) in [6.45, 7) is 7.14. The minimum atomic E-state index is -1.34. The van der Waals surface area contributed by atoms with Gasteiger partial charge in [-0.1, -0.05) is 68.9 Å². The molecule has 2 heteroatoms. The van der Waals surface area contributed by atoms with Crippen LogP contribution in [0.15, 0.2) is 36.4 Å². The van der Waals surface area contributed by atoms with Crippen LogP contribution in [0, 0.1) is 0 Å². The van der Waals surface area contributed by atoms with Gasteiger partial charge >= 0.3 is 0 Å². The molecule has 0 aliphatic heterocycles. The molecule has 104 valence electrons. The molecule has 1 N–H and O–H groups in total. The van der Waals surface area contributed by atoms with E-state index in [0.29, 0.717) is 5.54 Å². The van der Waals surface area contributed by atoms with Crippen LogP contribution in [0.3, 0.4) is 0 Å². The highest BCUT2D eigenvalue weighted by atomic mass is 28.3. The lowest BCUT2D eigenvalue weighted by Gasteiger charge is -2.35. The predicted molar refractivity (Wildman–Crippen MR) is 86.0 cm³/mol. The van der Waals surface area contributed by atoms with Crippen molar-refractivity contribution in [3.8, 4) is 0 Å². The summed E-state index contributed by atoms with van der Waals surface area (Å²) in [5, 5.41) is 10.9. The summed E-state index contributed by atoms with van der Waals surface area (Å²) >= 11 is 0. The van der Waals surface area contributed by atoms with Crippen molar-refractivity contribution in [2.24, 2.45) is 0 Å². The van der Waals surface area contributed by atoms with Gasteiger partial charge in [0, 0.05) is 0 Å². The molecule has 1 aliphatic carbocycles. The molecule has 2 rings (SSSR count). The Morgan fingerprint density at radius 2 is 1.74 bits per heavy atom. The van der Waals surface area contributed by atoms with E-state index in [1.807, 2.05) is 6.07 Å². The maximum absolute atomic E-state index is 10.9. The van der Waals surface area contributed by atoms with Crippen LogP contribution in [-0.4, -0.2) is 19.3 Å². The number of hydrogen-bond acceptors (Lipinski definition) is 1. The number of benzene rings is 1. The zero-order chi connectivity index (χ0) is 13.9. The molecule has 0 bridgehead atoms. The first-order valence-electron chi connectivity index (χ1n) is 7.43. The maximum Gasteiger partial charge on any atom is 0.0797 e. The van der Waals surface area contributed by atoms with Crippen LogP contribution in [0.5, 0.6) is 0 Å². The van der Waals surface area contributed by atoms with Crippen molar-refractivity contribution in [2.75, 3.05) is 0 Å². The second kappa shape index (κ2) is 6.06. The Labute approximate surface area is 118 Å². The SMILES string of the molecule is C[Si](C)(C)[C@@H]1CCCCC=C(c2ccccc2)[C@H]1O. The molecule has 1 aromatic rings. The molecule has 0 unspecified atom stereocenters. The topological polar surface area (TPSA) is 20.2 Å². The summed E-state index contributed by atoms with van der Waals surface area (Å²) in [5.41, 5.74) is 2.83. The Balaban J connectivity index is 2.34. The van der Waals surface area contributed by atoms with Gasteiger partial charge in [-0.2, -0.15) is 0 Å². The summed E-state index contributed by atoms with van der Waals surface area (Å²) < 4.78 is 0. The summed E-state index contributed by atoms with van der Waals surface area (Å²) in [6, 6.07) is 10.4. The average molecular weight is 274 g/mol. The van der Waals surface area contributed by atoms with Crippen molar-refractivity contribution >= 4 is 13.6 Å². The molecular formula is C17H26OSi. The molecule has 0 saturated heterocycles. The van der Waals surface area contributed by atoms with E-state index in [9.17, 15) is 5.11 Å². The van der Waals surface area contributed by atoms with Gasteiger partial charge in [-0.25, -0.2) is 0 Å². The van der Waals surface area contributed by atoms with E-state index in [-0.39, 0.29) is 6.10 Å². The lowest BCUT2D eigenvalue weighted by molar-refractivity contribution is 0.212. The van der Waals surface area contributed by atoms with E-state index >= 15 is 0 Å². The molecular weight excluding hydrogens is 248 g/mol. The summed E-state index contributed by atoms with van der Waals surface area (Å²) in [5.74, 6) is 0. The van der Waals surface area contributed by atoms with Crippen LogP contribution < -0.4 is 0 Å². The molecule has 2 atom stereocenters. The van der Waals surface area contributed by atoms with E-state index in [0.717, 1.165) is 12.0 Å². The van der Waals surface area contributed by atoms with Gasteiger partial charge < -0.3 is 5.11 Å². The molecule has 1 nitrogen and oxygen atoms in total. The van der Waals surface area contributed by atoms with Gasteiger partial charge in [0.25, 0.3) is 0 Å². The van der Waals surface area contributed by atoms with E-state index < -0.39 is 8.07 Å². The Kier molecular flexibility index (Phi) is 4.64. The van der Waals surface area contributed by atoms with Crippen LogP contribution in [0.4, 0.5) is 0 Å². The molecule has 0 aromatic heterocycles. The second-order valence-corrected chi connectivity index (χ2v) is 12.2. The van der Waals surface area contributed by atoms with Crippen molar-refractivity contribution < 1.29 is 5.11 Å². The first-order chi connectivity index (χ1) is 9.00. The van der Waals surface area contributed by atoms with E-state index in [1.54, 1.807) is 0 Å². The molecule has 0 fully saturated rings. The van der Waals surface area contributed by atoms with Crippen molar-refractivity contribution in [3.05, 3.63) is 42.0 Å². The third-order valence-corrected chi connectivity index (χ3v) is 7.08. The van der Waals surface area contributed by atoms with Crippen LogP contribution in [0.25, 0.3) is 5.57 Å². The number of hydrogen-bond donors (Lipinski definition) is 1. The minimum absolute atomic E-state index is 0.283. The predicted octanol–water partition coefficient (Wildman–Crippen LogP) is 4.71. The zero-order valence-electron chi connectivity index (χ0n) is 12.4. The number of rotatable bonds is 2. The van der Waals surface area contributed by atoms with Crippen molar-refractivity contribution in [2.45, 2.75) is 57.0 Å². The van der Waals surface area contributed by atoms with E-state index in [2.05, 4.69) is 50.0 Å². The van der Waals surface area contributed by atoms with Crippen LogP contribution in [0.2, 0.25) is 25.2 Å². The van der Waals surface area contributed by atoms with Gasteiger partial charge in [0.15, 0.2) is 0 Å². The molecule has 19 heavy (non-hydrogen) atoms. The maximum atomic E-state index is 10.9. The Morgan fingerprint density at radius 1 is 1.05 bits per heavy atom. The highest BCUT2D eigenvalue weighted by Crippen LogP contribution is 2.39. The first kappa shape index (κ1) is 14.5. The average Bonchev–Trinajstić information content (AvgIpc) is 2.34. The van der Waals surface area contributed by atoms with Gasteiger partial charge in [0.05, 0.1) is 14.2 Å². The third-order valence-electron chi connectivity index (χ3n) is 4.25. The first-order valence-corrected chi connectivity index (χ1v) is 11.0. The Morgan fingerprint density at radius 3 is 2.37 bits per heavy atom. The molecule has 0 radical (unpaired) electrons. The van der Waals surface area contributed by atoms with E-state index in [1.165, 1.54) is 24.8 Å². The van der Waals surface area contributed by atoms with Gasteiger partial charge in [-0.05, 0) is 29.5 Å². The monoisotopic (exact) mass is 274 g/mol. The minimum Gasteiger partial charge on any atom is -0.388 e. The molecule has 0 spiro atoms. The van der Waals surface area contributed by atoms with Crippen LogP contribution in [-0.2, 0) is 0 Å². The standard InChI is InChI=1S/C17H26OSi/c1-19(2,3)16-13-9-5-8-12-15(17(16)18)14-10-6-4-7-11-14/h4,6-7,10-12,16-18H,5,8-9,13H2,1-3H3/t16-,17-/m1/s1. The number of aliphatic hydroxyl groups excluding tert-OH is 1. The lowest BCUT2D eigenvalue weighted by Crippen LogP contribution is -2.37. The summed E-state index contributed by atoms with van der Waals surface area (Å²) in [6.07, 6.45) is 6.77. The van der Waals surface area contributed by atoms with E-state index in [4.69, 9.17) is 0 Å². The molecule has 0 saturated carbocycles. The highest BCUT2D eigenvalue weighted by molar-refractivity contribution is 6.77. The quantitative estimate of drug-likeness (QED) is 0.774. The largest absolute Gasteiger partial charge is 0.388 e. The fourth-order valence-corrected chi connectivity index (χ4v) is 5.28. The van der Waals surface area contributed by atoms with Gasteiger partial charge in [0.1, 0.15) is 0 Å². The van der Waals surface area contributed by atoms with Crippen molar-refractivity contribution in [3.63, 3.8) is 0 Å². The van der Waals surface area contributed by atoms with Gasteiger partial charge in [-0.15, -0.1) is 0 Å². The Hall–Kier alpha value is -0.863. The third kappa shape index (κ3) is 3.58. The normalized spacial score (nSPS) is 25.4. The zero-order valence-corrected chi connectivity index (χ0v) is 13.4. The molecule has 1 aliphatic rings. The van der Waals surface area contributed by atoms with Gasteiger partial charge in [0.2, 0.25) is 0 Å². The fraction of sp³-hybridized carbons (Fsp3) is 0.529. The molecule has 0 amide bonds. The smallest absolute Gasteiger partial charge is 0.0797 e. The highest BCUT2D eigenvalue weighted by Gasteiger charge is 2.34. The number of allylic oxidation sites excluding steroid dienone is 1. The van der Waals surface area contributed by atoms with Crippen molar-refractivity contribution in [1.82, 2.24) is 0 Å². The number of aliphatic hydroxyl groups is 1. The second-order valence-electron chi connectivity index (χ2n) is 6.73. The van der Waals surface area contributed by atoms with Crippen molar-refractivity contribution in [1.29, 1.82) is 0 Å². The fourth-order valence-electron chi connectivity index (χ4n) is 3.09. The van der Waals surface area contributed by atoms with Crippen LogP contribution >= 0.6 is 0 Å². The Bertz CT molecular complexity index is 430. The molecule has 1 aromatic carbocycles. The molecule has 0 heterocycles. The summed E-state index contributed by atoms with van der Waals surface area (Å²) in [7, 11) is -1.34. The van der Waals surface area contributed by atoms with Gasteiger partial charge in [-0.3, -0.25) is 0 Å². The summed E-state index contributed by atoms with van der Waals surface area (Å²) in [4.78, 5) is 0.